The fraction of sp³-hybridized carbons (Fsp3) is 0.548. The second-order valence-electron chi connectivity index (χ2n) is 9.72. The van der Waals surface area contributed by atoms with Gasteiger partial charge in [0.25, 0.3) is 0 Å². The highest BCUT2D eigenvalue weighted by atomic mass is 15.4. The number of hydrogen-bond donors (Lipinski definition) is 0. The van der Waals surface area contributed by atoms with E-state index in [0.717, 1.165) is 32.4 Å². The number of hydrogen-bond acceptors (Lipinski definition) is 2. The molecule has 0 aromatic heterocycles. The molecule has 1 heterocycles. The van der Waals surface area contributed by atoms with Gasteiger partial charge in [-0.1, -0.05) is 120 Å². The summed E-state index contributed by atoms with van der Waals surface area (Å²) in [5.41, 5.74) is 2.85. The Kier molecular flexibility index (Phi) is 10.4. The van der Waals surface area contributed by atoms with Crippen molar-refractivity contribution in [3.8, 4) is 0 Å². The molecule has 2 nitrogen and oxygen atoms in total. The Labute approximate surface area is 203 Å². The maximum absolute atomic E-state index is 2.71. The number of rotatable bonds is 15. The molecule has 0 saturated heterocycles. The van der Waals surface area contributed by atoms with Crippen LogP contribution in [-0.2, 0) is 6.42 Å². The summed E-state index contributed by atoms with van der Waals surface area (Å²) in [6, 6.07) is 22.4. The van der Waals surface area contributed by atoms with Crippen molar-refractivity contribution in [3.63, 3.8) is 0 Å². The molecule has 0 N–H and O–H groups in total. The molecule has 0 saturated carbocycles. The summed E-state index contributed by atoms with van der Waals surface area (Å²) >= 11 is 0. The molecule has 180 valence electrons. The van der Waals surface area contributed by atoms with Gasteiger partial charge in [0.05, 0.1) is 0 Å². The molecule has 0 spiro atoms. The number of benzene rings is 2. The monoisotopic (exact) mass is 446 g/mol. The second kappa shape index (κ2) is 13.5. The first-order valence-electron chi connectivity index (χ1n) is 13.6. The minimum atomic E-state index is -0.0460. The summed E-state index contributed by atoms with van der Waals surface area (Å²) in [7, 11) is 0. The van der Waals surface area contributed by atoms with Gasteiger partial charge in [-0.15, -0.1) is 0 Å². The molecule has 3 rings (SSSR count). The van der Waals surface area contributed by atoms with Gasteiger partial charge in [0.1, 0.15) is 5.66 Å². The zero-order valence-corrected chi connectivity index (χ0v) is 21.4. The second-order valence-corrected chi connectivity index (χ2v) is 9.72. The summed E-state index contributed by atoms with van der Waals surface area (Å²) in [6.45, 7) is 9.22. The van der Waals surface area contributed by atoms with E-state index in [0.29, 0.717) is 5.92 Å². The molecule has 33 heavy (non-hydrogen) atoms. The van der Waals surface area contributed by atoms with E-state index >= 15 is 0 Å². The van der Waals surface area contributed by atoms with Crippen molar-refractivity contribution in [2.45, 2.75) is 96.6 Å². The molecule has 1 aliphatic heterocycles. The third kappa shape index (κ3) is 6.43. The molecule has 1 aliphatic rings. The van der Waals surface area contributed by atoms with Crippen molar-refractivity contribution >= 4 is 0 Å². The van der Waals surface area contributed by atoms with Crippen LogP contribution in [0.5, 0.6) is 0 Å². The zero-order chi connectivity index (χ0) is 23.4. The van der Waals surface area contributed by atoms with Gasteiger partial charge in [-0.3, -0.25) is 0 Å². The molecule has 2 unspecified atom stereocenters. The van der Waals surface area contributed by atoms with Crippen molar-refractivity contribution in [1.82, 2.24) is 9.80 Å². The van der Waals surface area contributed by atoms with Gasteiger partial charge < -0.3 is 9.80 Å². The van der Waals surface area contributed by atoms with Crippen molar-refractivity contribution in [2.75, 3.05) is 13.1 Å². The molecule has 0 bridgehead atoms. The highest BCUT2D eigenvalue weighted by molar-refractivity contribution is 5.30. The predicted octanol–water partition coefficient (Wildman–Crippen LogP) is 8.37. The summed E-state index contributed by atoms with van der Waals surface area (Å²) in [6.07, 6.45) is 17.6. The highest BCUT2D eigenvalue weighted by Crippen LogP contribution is 2.45. The Bertz CT molecular complexity index is 800. The van der Waals surface area contributed by atoms with E-state index in [9.17, 15) is 0 Å². The van der Waals surface area contributed by atoms with Gasteiger partial charge in [-0.2, -0.15) is 0 Å². The van der Waals surface area contributed by atoms with Crippen LogP contribution in [0.25, 0.3) is 0 Å². The lowest BCUT2D eigenvalue weighted by molar-refractivity contribution is -0.00287. The Morgan fingerprint density at radius 2 is 1.21 bits per heavy atom. The Balaban J connectivity index is 1.88. The largest absolute Gasteiger partial charge is 0.353 e. The number of nitrogens with zero attached hydrogens (tertiary/aromatic N) is 2. The first kappa shape index (κ1) is 25.4. The van der Waals surface area contributed by atoms with E-state index in [2.05, 4.69) is 104 Å². The first-order chi connectivity index (χ1) is 16.3. The summed E-state index contributed by atoms with van der Waals surface area (Å²) < 4.78 is 0. The molecule has 2 aromatic rings. The fourth-order valence-corrected chi connectivity index (χ4v) is 5.74. The lowest BCUT2D eigenvalue weighted by Crippen LogP contribution is -2.59. The van der Waals surface area contributed by atoms with E-state index < -0.39 is 0 Å². The Hall–Kier alpha value is -2.22. The minimum absolute atomic E-state index is 0.0460. The molecule has 2 atom stereocenters. The van der Waals surface area contributed by atoms with E-state index in [1.807, 2.05) is 0 Å². The van der Waals surface area contributed by atoms with Crippen LogP contribution >= 0.6 is 0 Å². The predicted molar refractivity (Wildman–Crippen MR) is 143 cm³/mol. The standard InChI is InChI=1S/C31H46N2/c1-4-7-8-9-10-11-18-24-33-26-25-32(23-5-2)31(33,27-28-19-14-12-15-20-28)30(6-3)29-21-16-13-17-22-29/h12-17,19-22,25-26,30H,4-11,18,23-24,27H2,1-3H3. The summed E-state index contributed by atoms with van der Waals surface area (Å²) in [4.78, 5) is 5.38. The van der Waals surface area contributed by atoms with Crippen molar-refractivity contribution in [2.24, 2.45) is 0 Å². The SMILES string of the molecule is CCCCCCCCCN1C=CN(CCC)C1(Cc1ccccc1)C(CC)c1ccccc1. The fourth-order valence-electron chi connectivity index (χ4n) is 5.74. The quantitative estimate of drug-likeness (QED) is 0.253. The van der Waals surface area contributed by atoms with Crippen LogP contribution in [0.4, 0.5) is 0 Å². The van der Waals surface area contributed by atoms with Gasteiger partial charge >= 0.3 is 0 Å². The van der Waals surface area contributed by atoms with Gasteiger partial charge in [0, 0.05) is 37.8 Å². The van der Waals surface area contributed by atoms with E-state index in [1.165, 1.54) is 56.1 Å². The highest BCUT2D eigenvalue weighted by Gasteiger charge is 2.48. The van der Waals surface area contributed by atoms with E-state index in [-0.39, 0.29) is 5.66 Å². The maximum atomic E-state index is 2.71. The molecule has 0 fully saturated rings. The van der Waals surface area contributed by atoms with Crippen molar-refractivity contribution < 1.29 is 0 Å². The number of unbranched alkanes of at least 4 members (excludes halogenated alkanes) is 6. The molecular formula is C31H46N2. The van der Waals surface area contributed by atoms with Crippen molar-refractivity contribution in [1.29, 1.82) is 0 Å². The molecule has 2 aromatic carbocycles. The van der Waals surface area contributed by atoms with Gasteiger partial charge in [0.2, 0.25) is 0 Å². The lowest BCUT2D eigenvalue weighted by atomic mass is 9.78. The molecular weight excluding hydrogens is 400 g/mol. The van der Waals surface area contributed by atoms with E-state index in [1.54, 1.807) is 0 Å². The lowest BCUT2D eigenvalue weighted by Gasteiger charge is -2.51. The van der Waals surface area contributed by atoms with Gasteiger partial charge in [-0.05, 0) is 30.4 Å². The van der Waals surface area contributed by atoms with Crippen LogP contribution in [0.15, 0.2) is 73.1 Å². The summed E-state index contributed by atoms with van der Waals surface area (Å²) in [5.74, 6) is 0.449. The molecule has 0 amide bonds. The zero-order valence-electron chi connectivity index (χ0n) is 21.4. The average molecular weight is 447 g/mol. The maximum Gasteiger partial charge on any atom is 0.123 e. The van der Waals surface area contributed by atoms with Crippen LogP contribution in [-0.4, -0.2) is 28.6 Å². The summed E-state index contributed by atoms with van der Waals surface area (Å²) in [5, 5.41) is 0. The van der Waals surface area contributed by atoms with Crippen LogP contribution < -0.4 is 0 Å². The van der Waals surface area contributed by atoms with Crippen LogP contribution in [0.1, 0.15) is 95.6 Å². The van der Waals surface area contributed by atoms with Crippen molar-refractivity contribution in [3.05, 3.63) is 84.2 Å². The molecule has 0 radical (unpaired) electrons. The molecule has 2 heteroatoms. The van der Waals surface area contributed by atoms with Crippen LogP contribution in [0, 0.1) is 0 Å². The molecule has 0 aliphatic carbocycles. The first-order valence-corrected chi connectivity index (χ1v) is 13.6. The van der Waals surface area contributed by atoms with Gasteiger partial charge in [-0.25, -0.2) is 0 Å². The third-order valence-electron chi connectivity index (χ3n) is 7.36. The normalized spacial score (nSPS) is 18.8. The third-order valence-corrected chi connectivity index (χ3v) is 7.36. The van der Waals surface area contributed by atoms with Gasteiger partial charge in [0.15, 0.2) is 0 Å². The van der Waals surface area contributed by atoms with E-state index in [4.69, 9.17) is 0 Å². The minimum Gasteiger partial charge on any atom is -0.353 e. The Morgan fingerprint density at radius 1 is 0.636 bits per heavy atom. The van der Waals surface area contributed by atoms with Crippen LogP contribution in [0.2, 0.25) is 0 Å². The topological polar surface area (TPSA) is 6.48 Å². The smallest absolute Gasteiger partial charge is 0.123 e. The van der Waals surface area contributed by atoms with Crippen LogP contribution in [0.3, 0.4) is 0 Å². The Morgan fingerprint density at radius 3 is 1.82 bits per heavy atom. The average Bonchev–Trinajstić information content (AvgIpc) is 3.18.